The van der Waals surface area contributed by atoms with E-state index in [9.17, 15) is 10.2 Å². The fourth-order valence-electron chi connectivity index (χ4n) is 4.22. The summed E-state index contributed by atoms with van der Waals surface area (Å²) in [6.07, 6.45) is 4.26. The maximum absolute atomic E-state index is 9.68. The molecule has 3 rings (SSSR count). The fraction of sp³-hybridized carbons (Fsp3) is 0.357. The van der Waals surface area contributed by atoms with E-state index in [0.29, 0.717) is 17.1 Å². The van der Waals surface area contributed by atoms with Crippen molar-refractivity contribution in [3.63, 3.8) is 0 Å². The van der Waals surface area contributed by atoms with E-state index in [1.807, 2.05) is 17.8 Å². The zero-order valence-corrected chi connectivity index (χ0v) is 19.4. The van der Waals surface area contributed by atoms with Crippen molar-refractivity contribution in [1.82, 2.24) is 0 Å². The van der Waals surface area contributed by atoms with Crippen LogP contribution in [0.15, 0.2) is 78.9 Å². The third-order valence-electron chi connectivity index (χ3n) is 5.91. The van der Waals surface area contributed by atoms with E-state index in [0.717, 1.165) is 30.6 Å². The summed E-state index contributed by atoms with van der Waals surface area (Å²) >= 11 is 2.04. The number of hydrogen-bond donors (Lipinski definition) is 2. The highest BCUT2D eigenvalue weighted by atomic mass is 32.2. The minimum absolute atomic E-state index is 0.0323. The lowest BCUT2D eigenvalue weighted by Gasteiger charge is -2.27. The Balaban J connectivity index is 1.56. The molecule has 0 heterocycles. The van der Waals surface area contributed by atoms with Gasteiger partial charge < -0.3 is 10.2 Å². The van der Waals surface area contributed by atoms with Gasteiger partial charge in [-0.1, -0.05) is 80.6 Å². The largest absolute Gasteiger partial charge is 0.504 e. The van der Waals surface area contributed by atoms with Crippen LogP contribution in [0.5, 0.6) is 11.5 Å². The molecule has 2 nitrogen and oxygen atoms in total. The summed E-state index contributed by atoms with van der Waals surface area (Å²) in [6, 6.07) is 26.9. The third kappa shape index (κ3) is 7.36. The first-order valence-electron chi connectivity index (χ1n) is 11.2. The molecule has 0 saturated heterocycles. The molecule has 0 aliphatic carbocycles. The first-order valence-corrected chi connectivity index (χ1v) is 12.3. The Morgan fingerprint density at radius 2 is 1.45 bits per heavy atom. The number of hydrogen-bond acceptors (Lipinski definition) is 3. The highest BCUT2D eigenvalue weighted by molar-refractivity contribution is 7.99. The summed E-state index contributed by atoms with van der Waals surface area (Å²) in [5.74, 6) is 2.15. The van der Waals surface area contributed by atoms with Gasteiger partial charge in [-0.05, 0) is 72.1 Å². The molecule has 2 N–H and O–H groups in total. The molecule has 0 radical (unpaired) electrons. The first-order chi connectivity index (χ1) is 15.0. The Morgan fingerprint density at radius 1 is 0.774 bits per heavy atom. The molecule has 3 unspecified atom stereocenters. The molecule has 0 fully saturated rings. The molecule has 3 aromatic carbocycles. The predicted molar refractivity (Wildman–Crippen MR) is 133 cm³/mol. The predicted octanol–water partition coefficient (Wildman–Crippen LogP) is 7.20. The molecule has 0 aromatic heterocycles. The van der Waals surface area contributed by atoms with Crippen LogP contribution in [0.4, 0.5) is 0 Å². The Hall–Kier alpha value is -2.39. The first kappa shape index (κ1) is 23.3. The van der Waals surface area contributed by atoms with Gasteiger partial charge in [0.1, 0.15) is 0 Å². The van der Waals surface area contributed by atoms with Crippen LogP contribution >= 0.6 is 11.8 Å². The van der Waals surface area contributed by atoms with Crippen LogP contribution in [0.2, 0.25) is 0 Å². The minimum atomic E-state index is -0.0536. The molecule has 3 heteroatoms. The zero-order chi connectivity index (χ0) is 22.1. The summed E-state index contributed by atoms with van der Waals surface area (Å²) in [4.78, 5) is 0. The SMILES string of the molecule is CC(Cc1ccccc1)CC(c1ccccc1)C(C)SCCCc1ccc(O)c(O)c1. The normalized spacial score (nSPS) is 14.1. The van der Waals surface area contributed by atoms with Gasteiger partial charge in [0.25, 0.3) is 0 Å². The van der Waals surface area contributed by atoms with Crippen LogP contribution in [0.1, 0.15) is 49.3 Å². The highest BCUT2D eigenvalue weighted by Gasteiger charge is 2.22. The van der Waals surface area contributed by atoms with E-state index in [1.54, 1.807) is 12.1 Å². The van der Waals surface area contributed by atoms with Crippen LogP contribution in [0, 0.1) is 5.92 Å². The molecule has 164 valence electrons. The topological polar surface area (TPSA) is 40.5 Å². The molecular formula is C28H34O2S. The monoisotopic (exact) mass is 434 g/mol. The second-order valence-corrected chi connectivity index (χ2v) is 10.0. The molecule has 0 spiro atoms. The smallest absolute Gasteiger partial charge is 0.157 e. The molecular weight excluding hydrogens is 400 g/mol. The van der Waals surface area contributed by atoms with Crippen molar-refractivity contribution < 1.29 is 10.2 Å². The van der Waals surface area contributed by atoms with Crippen molar-refractivity contribution in [3.05, 3.63) is 95.6 Å². The molecule has 0 amide bonds. The standard InChI is InChI=1S/C28H34O2S/c1-21(18-23-10-5-3-6-11-23)19-26(25-13-7-4-8-14-25)22(2)31-17-9-12-24-15-16-27(29)28(30)20-24/h3-8,10-11,13-16,20-22,26,29-30H,9,12,17-19H2,1-2H3. The Labute approximate surface area is 191 Å². The van der Waals surface area contributed by atoms with Crippen molar-refractivity contribution in [2.24, 2.45) is 5.92 Å². The lowest BCUT2D eigenvalue weighted by Crippen LogP contribution is -2.17. The zero-order valence-electron chi connectivity index (χ0n) is 18.6. The lowest BCUT2D eigenvalue weighted by molar-refractivity contribution is 0.403. The van der Waals surface area contributed by atoms with Gasteiger partial charge >= 0.3 is 0 Å². The lowest BCUT2D eigenvalue weighted by atomic mass is 9.85. The molecule has 3 aromatic rings. The summed E-state index contributed by atoms with van der Waals surface area (Å²) < 4.78 is 0. The number of aromatic hydroxyl groups is 2. The molecule has 0 aliphatic heterocycles. The van der Waals surface area contributed by atoms with Crippen molar-refractivity contribution in [3.8, 4) is 11.5 Å². The number of benzene rings is 3. The van der Waals surface area contributed by atoms with Crippen molar-refractivity contribution in [1.29, 1.82) is 0 Å². The second kappa shape index (κ2) is 11.9. The number of phenolic OH excluding ortho intramolecular Hbond substituents is 2. The molecule has 3 atom stereocenters. The van der Waals surface area contributed by atoms with E-state index in [-0.39, 0.29) is 11.5 Å². The Bertz CT molecular complexity index is 911. The van der Waals surface area contributed by atoms with Crippen LogP contribution in [-0.4, -0.2) is 21.2 Å². The minimum Gasteiger partial charge on any atom is -0.504 e. The van der Waals surface area contributed by atoms with Gasteiger partial charge in [0.15, 0.2) is 11.5 Å². The van der Waals surface area contributed by atoms with E-state index in [4.69, 9.17) is 0 Å². The van der Waals surface area contributed by atoms with Gasteiger partial charge in [-0.15, -0.1) is 0 Å². The van der Waals surface area contributed by atoms with Gasteiger partial charge in [0.2, 0.25) is 0 Å². The maximum Gasteiger partial charge on any atom is 0.157 e. The number of thioether (sulfide) groups is 1. The Kier molecular flexibility index (Phi) is 8.90. The number of phenols is 2. The summed E-state index contributed by atoms with van der Waals surface area (Å²) in [5, 5.41) is 19.7. The molecule has 0 aliphatic rings. The van der Waals surface area contributed by atoms with Gasteiger partial charge in [-0.3, -0.25) is 0 Å². The quantitative estimate of drug-likeness (QED) is 0.247. The van der Waals surface area contributed by atoms with E-state index >= 15 is 0 Å². The molecule has 0 saturated carbocycles. The highest BCUT2D eigenvalue weighted by Crippen LogP contribution is 2.35. The molecule has 0 bridgehead atoms. The van der Waals surface area contributed by atoms with Crippen molar-refractivity contribution in [2.75, 3.05) is 5.75 Å². The van der Waals surface area contributed by atoms with Crippen LogP contribution < -0.4 is 0 Å². The van der Waals surface area contributed by atoms with Gasteiger partial charge in [0.05, 0.1) is 0 Å². The van der Waals surface area contributed by atoms with Gasteiger partial charge in [-0.2, -0.15) is 11.8 Å². The average molecular weight is 435 g/mol. The van der Waals surface area contributed by atoms with Gasteiger partial charge in [-0.25, -0.2) is 0 Å². The van der Waals surface area contributed by atoms with Crippen molar-refractivity contribution >= 4 is 11.8 Å². The molecule has 31 heavy (non-hydrogen) atoms. The van der Waals surface area contributed by atoms with Crippen molar-refractivity contribution in [2.45, 2.75) is 50.7 Å². The van der Waals surface area contributed by atoms with Gasteiger partial charge in [0, 0.05) is 5.25 Å². The Morgan fingerprint density at radius 3 is 2.13 bits per heavy atom. The van der Waals surface area contributed by atoms with Crippen LogP contribution in [-0.2, 0) is 12.8 Å². The van der Waals surface area contributed by atoms with E-state index < -0.39 is 0 Å². The third-order valence-corrected chi connectivity index (χ3v) is 7.29. The number of rotatable bonds is 11. The van der Waals surface area contributed by atoms with Crippen LogP contribution in [0.3, 0.4) is 0 Å². The second-order valence-electron chi connectivity index (χ2n) is 8.55. The van der Waals surface area contributed by atoms with E-state index in [2.05, 4.69) is 74.5 Å². The maximum atomic E-state index is 9.68. The number of aryl methyl sites for hydroxylation is 1. The van der Waals surface area contributed by atoms with E-state index in [1.165, 1.54) is 17.5 Å². The summed E-state index contributed by atoms with van der Waals surface area (Å²) in [6.45, 7) is 4.74. The average Bonchev–Trinajstić information content (AvgIpc) is 2.78. The summed E-state index contributed by atoms with van der Waals surface area (Å²) in [7, 11) is 0. The fourth-order valence-corrected chi connectivity index (χ4v) is 5.40. The van der Waals surface area contributed by atoms with Crippen LogP contribution in [0.25, 0.3) is 0 Å². The summed E-state index contributed by atoms with van der Waals surface area (Å²) in [5.41, 5.74) is 3.92.